The highest BCUT2D eigenvalue weighted by Crippen LogP contribution is 2.33. The van der Waals surface area contributed by atoms with Crippen molar-refractivity contribution >= 4 is 57.9 Å². The van der Waals surface area contributed by atoms with Crippen molar-refractivity contribution in [2.24, 2.45) is 0 Å². The molecule has 2 aromatic carbocycles. The van der Waals surface area contributed by atoms with Gasteiger partial charge in [0.15, 0.2) is 0 Å². The number of benzene rings is 2. The Kier molecular flexibility index (Phi) is 7.30. The highest BCUT2D eigenvalue weighted by atomic mass is 35.5. The first-order valence-corrected chi connectivity index (χ1v) is 10.4. The first-order chi connectivity index (χ1) is 14.0. The van der Waals surface area contributed by atoms with Gasteiger partial charge in [-0.1, -0.05) is 65.9 Å². The van der Waals surface area contributed by atoms with E-state index >= 15 is 0 Å². The van der Waals surface area contributed by atoms with Gasteiger partial charge in [0.05, 0.1) is 18.4 Å². The van der Waals surface area contributed by atoms with Gasteiger partial charge in [0, 0.05) is 17.1 Å². The van der Waals surface area contributed by atoms with Crippen LogP contribution in [0.4, 0.5) is 0 Å². The average Bonchev–Trinajstić information content (AvgIpc) is 2.99. The molecule has 150 valence electrons. The molecule has 0 aliphatic carbocycles. The number of esters is 1. The molecule has 1 saturated heterocycles. The number of nitrogens with zero attached hydrogens (tertiary/aromatic N) is 1. The molecule has 1 fully saturated rings. The van der Waals surface area contributed by atoms with E-state index in [2.05, 4.69) is 4.74 Å². The third-order valence-electron chi connectivity index (χ3n) is 4.17. The quantitative estimate of drug-likeness (QED) is 0.349. The minimum Gasteiger partial charge on any atom is -0.489 e. The fraction of sp³-hybridized carbons (Fsp3) is 0.190. The van der Waals surface area contributed by atoms with E-state index in [0.717, 1.165) is 11.1 Å². The fourth-order valence-corrected chi connectivity index (χ4v) is 4.08. The number of hydrogen-bond donors (Lipinski definition) is 0. The molecule has 0 N–H and O–H groups in total. The van der Waals surface area contributed by atoms with Crippen molar-refractivity contribution in [1.29, 1.82) is 0 Å². The van der Waals surface area contributed by atoms with Gasteiger partial charge in [0.25, 0.3) is 5.91 Å². The fourth-order valence-electron chi connectivity index (χ4n) is 2.59. The zero-order valence-electron chi connectivity index (χ0n) is 15.6. The second-order valence-electron chi connectivity index (χ2n) is 6.11. The maximum Gasteiger partial charge on any atom is 0.307 e. The van der Waals surface area contributed by atoms with Gasteiger partial charge in [-0.2, -0.15) is 0 Å². The van der Waals surface area contributed by atoms with E-state index in [1.54, 1.807) is 6.08 Å². The van der Waals surface area contributed by atoms with Crippen LogP contribution in [0, 0.1) is 0 Å². The number of carbonyl (C=O) groups excluding carboxylic acids is 2. The molecule has 5 nitrogen and oxygen atoms in total. The Morgan fingerprint density at radius 1 is 1.21 bits per heavy atom. The largest absolute Gasteiger partial charge is 0.489 e. The summed E-state index contributed by atoms with van der Waals surface area (Å²) in [6.07, 6.45) is 1.88. The molecular formula is C21H18ClNO4S2. The van der Waals surface area contributed by atoms with Gasteiger partial charge in [0.2, 0.25) is 0 Å². The highest BCUT2D eigenvalue weighted by molar-refractivity contribution is 8.26. The Morgan fingerprint density at radius 3 is 2.62 bits per heavy atom. The Bertz CT molecular complexity index is 959. The summed E-state index contributed by atoms with van der Waals surface area (Å²) in [6, 6.07) is 14.9. The number of thioether (sulfide) groups is 1. The van der Waals surface area contributed by atoms with Crippen LogP contribution in [0.1, 0.15) is 17.5 Å². The van der Waals surface area contributed by atoms with Crippen LogP contribution in [0.2, 0.25) is 5.02 Å². The van der Waals surface area contributed by atoms with Gasteiger partial charge in [-0.15, -0.1) is 0 Å². The summed E-state index contributed by atoms with van der Waals surface area (Å²) in [7, 11) is 1.31. The Morgan fingerprint density at radius 2 is 1.93 bits per heavy atom. The molecule has 0 radical (unpaired) electrons. The predicted octanol–water partition coefficient (Wildman–Crippen LogP) is 4.68. The van der Waals surface area contributed by atoms with Gasteiger partial charge in [0.1, 0.15) is 16.7 Å². The maximum atomic E-state index is 12.5. The molecule has 8 heteroatoms. The summed E-state index contributed by atoms with van der Waals surface area (Å²) >= 11 is 12.6. The Labute approximate surface area is 183 Å². The standard InChI is InChI=1S/C21H18ClNO4S2/c1-26-19(24)10-11-23-20(25)18(29-21(23)28)12-14-6-8-16(9-7-14)27-13-15-4-2-3-5-17(15)22/h2-9,12H,10-11,13H2,1H3/b18-12-. The Hall–Kier alpha value is -2.35. The number of methoxy groups -OCH3 is 1. The molecule has 1 heterocycles. The number of amides is 1. The van der Waals surface area contributed by atoms with Crippen molar-refractivity contribution in [3.05, 3.63) is 69.6 Å². The van der Waals surface area contributed by atoms with E-state index in [4.69, 9.17) is 28.6 Å². The number of ether oxygens (including phenoxy) is 2. The molecule has 29 heavy (non-hydrogen) atoms. The summed E-state index contributed by atoms with van der Waals surface area (Å²) in [6.45, 7) is 0.585. The summed E-state index contributed by atoms with van der Waals surface area (Å²) < 4.78 is 10.8. The summed E-state index contributed by atoms with van der Waals surface area (Å²) in [4.78, 5) is 25.8. The minimum atomic E-state index is -0.379. The molecule has 1 aliphatic rings. The number of hydrogen-bond acceptors (Lipinski definition) is 6. The van der Waals surface area contributed by atoms with E-state index < -0.39 is 0 Å². The van der Waals surface area contributed by atoms with Crippen LogP contribution in [0.15, 0.2) is 53.4 Å². The zero-order valence-corrected chi connectivity index (χ0v) is 18.0. The van der Waals surface area contributed by atoms with E-state index in [0.29, 0.717) is 26.6 Å². The van der Waals surface area contributed by atoms with Gasteiger partial charge in [-0.05, 0) is 29.8 Å². The summed E-state index contributed by atoms with van der Waals surface area (Å²) in [5.41, 5.74) is 1.76. The molecular weight excluding hydrogens is 430 g/mol. The molecule has 0 atom stereocenters. The molecule has 0 aromatic heterocycles. The van der Waals surface area contributed by atoms with Gasteiger partial charge in [-0.25, -0.2) is 0 Å². The number of thiocarbonyl (C=S) groups is 1. The molecule has 3 rings (SSSR count). The van der Waals surface area contributed by atoms with Crippen molar-refractivity contribution in [3.63, 3.8) is 0 Å². The van der Waals surface area contributed by atoms with Crippen molar-refractivity contribution in [3.8, 4) is 5.75 Å². The molecule has 2 aromatic rings. The van der Waals surface area contributed by atoms with Crippen molar-refractivity contribution < 1.29 is 19.1 Å². The van der Waals surface area contributed by atoms with Crippen molar-refractivity contribution in [1.82, 2.24) is 4.90 Å². The molecule has 0 bridgehead atoms. The topological polar surface area (TPSA) is 55.8 Å². The smallest absolute Gasteiger partial charge is 0.307 e. The van der Waals surface area contributed by atoms with Crippen molar-refractivity contribution in [2.75, 3.05) is 13.7 Å². The second-order valence-corrected chi connectivity index (χ2v) is 8.19. The van der Waals surface area contributed by atoms with Crippen LogP contribution in [0.5, 0.6) is 5.75 Å². The van der Waals surface area contributed by atoms with Crippen LogP contribution in [-0.2, 0) is 20.9 Å². The van der Waals surface area contributed by atoms with Gasteiger partial charge >= 0.3 is 5.97 Å². The zero-order chi connectivity index (χ0) is 20.8. The monoisotopic (exact) mass is 447 g/mol. The number of carbonyl (C=O) groups is 2. The van der Waals surface area contributed by atoms with Crippen LogP contribution in [-0.4, -0.2) is 34.8 Å². The molecule has 0 unspecified atom stereocenters. The molecule has 0 saturated carbocycles. The third-order valence-corrected chi connectivity index (χ3v) is 5.92. The van der Waals surface area contributed by atoms with Gasteiger partial charge in [-0.3, -0.25) is 14.5 Å². The second kappa shape index (κ2) is 9.91. The first kappa shape index (κ1) is 21.4. The van der Waals surface area contributed by atoms with Gasteiger partial charge < -0.3 is 9.47 Å². The maximum absolute atomic E-state index is 12.5. The van der Waals surface area contributed by atoms with E-state index in [9.17, 15) is 9.59 Å². The minimum absolute atomic E-state index is 0.105. The lowest BCUT2D eigenvalue weighted by Crippen LogP contribution is -2.30. The first-order valence-electron chi connectivity index (χ1n) is 8.76. The average molecular weight is 448 g/mol. The normalized spacial score (nSPS) is 15.1. The Balaban J connectivity index is 1.62. The summed E-state index contributed by atoms with van der Waals surface area (Å²) in [5, 5.41) is 0.665. The number of rotatable bonds is 7. The lowest BCUT2D eigenvalue weighted by molar-refractivity contribution is -0.140. The van der Waals surface area contributed by atoms with E-state index in [1.165, 1.54) is 23.8 Å². The van der Waals surface area contributed by atoms with Crippen LogP contribution >= 0.6 is 35.6 Å². The lowest BCUT2D eigenvalue weighted by Gasteiger charge is -2.12. The van der Waals surface area contributed by atoms with Crippen LogP contribution in [0.25, 0.3) is 6.08 Å². The summed E-state index contributed by atoms with van der Waals surface area (Å²) in [5.74, 6) is 0.117. The molecule has 0 spiro atoms. The van der Waals surface area contributed by atoms with Crippen molar-refractivity contribution in [2.45, 2.75) is 13.0 Å². The third kappa shape index (κ3) is 5.59. The lowest BCUT2D eigenvalue weighted by atomic mass is 10.2. The van der Waals surface area contributed by atoms with E-state index in [1.807, 2.05) is 48.5 Å². The highest BCUT2D eigenvalue weighted by Gasteiger charge is 2.32. The molecule has 1 amide bonds. The number of halogens is 1. The van der Waals surface area contributed by atoms with E-state index in [-0.39, 0.29) is 24.8 Å². The predicted molar refractivity (Wildman–Crippen MR) is 119 cm³/mol. The van der Waals surface area contributed by atoms with Crippen LogP contribution < -0.4 is 4.74 Å². The SMILES string of the molecule is COC(=O)CCN1C(=O)/C(=C/c2ccc(OCc3ccccc3Cl)cc2)SC1=S. The van der Waals surface area contributed by atoms with Crippen LogP contribution in [0.3, 0.4) is 0 Å². The molecule has 1 aliphatic heterocycles.